The zero-order chi connectivity index (χ0) is 40.8. The van der Waals surface area contributed by atoms with Gasteiger partial charge in [0.1, 0.15) is 35.2 Å². The minimum Gasteiger partial charge on any atom is -0.496 e. The summed E-state index contributed by atoms with van der Waals surface area (Å²) in [5.74, 6) is -1.36. The van der Waals surface area contributed by atoms with E-state index in [-0.39, 0.29) is 26.0 Å². The van der Waals surface area contributed by atoms with Crippen LogP contribution in [0.3, 0.4) is 0 Å². The van der Waals surface area contributed by atoms with Crippen LogP contribution < -0.4 is 29.6 Å². The molecule has 3 fully saturated rings. The van der Waals surface area contributed by atoms with Crippen LogP contribution in [0.1, 0.15) is 79.2 Å². The van der Waals surface area contributed by atoms with E-state index < -0.39 is 79.6 Å². The summed E-state index contributed by atoms with van der Waals surface area (Å²) in [5, 5.41) is 5.55. The molecule has 4 amide bonds. The van der Waals surface area contributed by atoms with Crippen LogP contribution in [0.2, 0.25) is 0 Å². The van der Waals surface area contributed by atoms with Gasteiger partial charge in [-0.3, -0.25) is 19.1 Å². The van der Waals surface area contributed by atoms with Gasteiger partial charge in [-0.2, -0.15) is 0 Å². The van der Waals surface area contributed by atoms with Crippen molar-refractivity contribution in [3.05, 3.63) is 42.5 Å². The molecule has 4 bridgehead atoms. The van der Waals surface area contributed by atoms with Crippen LogP contribution in [0.5, 0.6) is 17.4 Å². The number of fused-ring (bicyclic) bond motifs is 3. The number of carbonyl (C=O) groups is 4. The standard InChI is InChI=1S/C40H53N5O10S/c1-9-24-20-40(24,36(48)44-56(50,51)26-13-14-26)43-34(46)29-17-25-21-45(29)35(47)33(38(3,4)5)42-37(49)54-22-39(6,7)15-11-12-23-16-27-28(18-30(23)52-8)41-32(53-10-2)19-31(27)55-25/h9,11-12,16,18-19,24-26,29,33H,1,10,13-15,17,20-22H2,2-8H3,(H,42,49)(H,43,46)(H,44,48)/b12-11+/t24-,25-,29+,33-,40-/m1/s1. The molecule has 4 aliphatic rings. The molecule has 56 heavy (non-hydrogen) atoms. The van der Waals surface area contributed by atoms with Gasteiger partial charge < -0.3 is 34.5 Å². The molecule has 304 valence electrons. The third-order valence-corrected chi connectivity index (χ3v) is 12.5. The predicted molar refractivity (Wildman–Crippen MR) is 208 cm³/mol. The van der Waals surface area contributed by atoms with Crippen molar-refractivity contribution in [2.45, 2.75) is 103 Å². The molecular weight excluding hydrogens is 743 g/mol. The van der Waals surface area contributed by atoms with Gasteiger partial charge >= 0.3 is 6.09 Å². The number of allylic oxidation sites excluding steroid dienone is 1. The fraction of sp³-hybridized carbons (Fsp3) is 0.575. The first-order chi connectivity index (χ1) is 26.3. The van der Waals surface area contributed by atoms with E-state index in [2.05, 4.69) is 26.9 Å². The van der Waals surface area contributed by atoms with Crippen molar-refractivity contribution < 1.29 is 46.5 Å². The van der Waals surface area contributed by atoms with E-state index in [4.69, 9.17) is 18.9 Å². The number of hydrogen-bond acceptors (Lipinski definition) is 11. The van der Waals surface area contributed by atoms with Crippen molar-refractivity contribution in [2.75, 3.05) is 26.9 Å². The normalized spacial score (nSPS) is 27.2. The van der Waals surface area contributed by atoms with Crippen LogP contribution in [0.25, 0.3) is 17.0 Å². The fourth-order valence-electron chi connectivity index (χ4n) is 7.22. The Morgan fingerprint density at radius 3 is 2.54 bits per heavy atom. The molecule has 2 aromatic rings. The second-order valence-corrected chi connectivity index (χ2v) is 18.9. The number of nitrogens with zero attached hydrogens (tertiary/aromatic N) is 2. The van der Waals surface area contributed by atoms with Gasteiger partial charge in [0.25, 0.3) is 5.91 Å². The first-order valence-corrected chi connectivity index (χ1v) is 20.6. The lowest BCUT2D eigenvalue weighted by molar-refractivity contribution is -0.142. The highest BCUT2D eigenvalue weighted by atomic mass is 32.2. The summed E-state index contributed by atoms with van der Waals surface area (Å²) < 4.78 is 51.5. The number of alkyl carbamates (subject to hydrolysis) is 1. The SMILES string of the molecule is C=C[C@@H]1C[C@]1(NC(=O)[C@@H]1C[C@@H]2CN1C(=O)[C@H](C(C)(C)C)NC(=O)OCC(C)(C)C/C=C/c1cc3c(cc(OCC)nc3cc1OC)O2)C(=O)NS(=O)(=O)C1CC1. The zero-order valence-electron chi connectivity index (χ0n) is 33.1. The topological polar surface area (TPSA) is 192 Å². The highest BCUT2D eigenvalue weighted by Gasteiger charge is 2.62. The van der Waals surface area contributed by atoms with Crippen molar-refractivity contribution in [1.82, 2.24) is 25.2 Å². The number of benzene rings is 1. The lowest BCUT2D eigenvalue weighted by Gasteiger charge is -2.35. The second kappa shape index (κ2) is 15.2. The van der Waals surface area contributed by atoms with Gasteiger partial charge in [-0.05, 0) is 44.1 Å². The van der Waals surface area contributed by atoms with Gasteiger partial charge in [0.05, 0.1) is 37.6 Å². The summed E-state index contributed by atoms with van der Waals surface area (Å²) in [7, 11) is -2.35. The number of carbonyl (C=O) groups excluding carboxylic acids is 4. The smallest absolute Gasteiger partial charge is 0.407 e. The molecule has 1 aromatic heterocycles. The van der Waals surface area contributed by atoms with Crippen LogP contribution in [-0.4, -0.2) is 98.0 Å². The molecule has 2 aliphatic carbocycles. The maximum absolute atomic E-state index is 14.7. The Labute approximate surface area is 328 Å². The number of amides is 4. The third-order valence-electron chi connectivity index (χ3n) is 10.7. The first-order valence-electron chi connectivity index (χ1n) is 19.0. The maximum Gasteiger partial charge on any atom is 0.407 e. The van der Waals surface area contributed by atoms with Crippen LogP contribution in [0.4, 0.5) is 4.79 Å². The van der Waals surface area contributed by atoms with E-state index in [9.17, 15) is 27.6 Å². The molecule has 3 heterocycles. The molecule has 5 atom stereocenters. The number of pyridine rings is 1. The highest BCUT2D eigenvalue weighted by molar-refractivity contribution is 7.91. The van der Waals surface area contributed by atoms with Gasteiger partial charge in [0, 0.05) is 40.8 Å². The summed E-state index contributed by atoms with van der Waals surface area (Å²) in [6.45, 7) is 15.2. The molecule has 1 aromatic carbocycles. The quantitative estimate of drug-likeness (QED) is 0.308. The number of aromatic nitrogens is 1. The van der Waals surface area contributed by atoms with Crippen LogP contribution in [-0.2, 0) is 29.1 Å². The van der Waals surface area contributed by atoms with Gasteiger partial charge in [-0.15, -0.1) is 6.58 Å². The predicted octanol–water partition coefficient (Wildman–Crippen LogP) is 4.24. The Morgan fingerprint density at radius 1 is 1.18 bits per heavy atom. The molecule has 0 spiro atoms. The maximum atomic E-state index is 14.7. The summed E-state index contributed by atoms with van der Waals surface area (Å²) in [5.41, 5.74) is -1.60. The molecule has 15 nitrogen and oxygen atoms in total. The van der Waals surface area contributed by atoms with E-state index in [0.717, 1.165) is 5.56 Å². The summed E-state index contributed by atoms with van der Waals surface area (Å²) >= 11 is 0. The van der Waals surface area contributed by atoms with E-state index in [1.54, 1.807) is 40.0 Å². The highest BCUT2D eigenvalue weighted by Crippen LogP contribution is 2.46. The molecule has 3 N–H and O–H groups in total. The third kappa shape index (κ3) is 8.59. The minimum absolute atomic E-state index is 0.000594. The summed E-state index contributed by atoms with van der Waals surface area (Å²) in [4.78, 5) is 62.0. The molecule has 0 unspecified atom stereocenters. The largest absolute Gasteiger partial charge is 0.496 e. The molecule has 1 saturated heterocycles. The number of rotatable bonds is 9. The fourth-order valence-corrected chi connectivity index (χ4v) is 8.58. The van der Waals surface area contributed by atoms with Crippen LogP contribution in [0.15, 0.2) is 36.9 Å². The molecule has 6 rings (SSSR count). The summed E-state index contributed by atoms with van der Waals surface area (Å²) in [6, 6.07) is 3.04. The second-order valence-electron chi connectivity index (χ2n) is 17.0. The van der Waals surface area contributed by atoms with Crippen LogP contribution in [0, 0.1) is 16.7 Å². The average Bonchev–Trinajstić information content (AvgIpc) is 4.05. The Kier molecular flexibility index (Phi) is 11.1. The number of methoxy groups -OCH3 is 1. The lowest BCUT2D eigenvalue weighted by atomic mass is 9.85. The molecule has 16 heteroatoms. The molecule has 0 radical (unpaired) electrons. The van der Waals surface area contributed by atoms with Crippen molar-refractivity contribution >= 4 is 50.8 Å². The Balaban J connectivity index is 1.41. The van der Waals surface area contributed by atoms with Gasteiger partial charge in [-0.25, -0.2) is 18.2 Å². The molecule has 2 saturated carbocycles. The van der Waals surface area contributed by atoms with Gasteiger partial charge in [0.15, 0.2) is 0 Å². The number of hydrogen-bond donors (Lipinski definition) is 3. The van der Waals surface area contributed by atoms with Gasteiger partial charge in [-0.1, -0.05) is 52.8 Å². The van der Waals surface area contributed by atoms with E-state index in [0.29, 0.717) is 54.2 Å². The van der Waals surface area contributed by atoms with Gasteiger partial charge in [0.2, 0.25) is 27.7 Å². The van der Waals surface area contributed by atoms with Crippen LogP contribution >= 0.6 is 0 Å². The Hall–Kier alpha value is -4.86. The average molecular weight is 796 g/mol. The van der Waals surface area contributed by atoms with Crippen molar-refractivity contribution in [1.29, 1.82) is 0 Å². The molecule has 2 aliphatic heterocycles. The lowest BCUT2D eigenvalue weighted by Crippen LogP contribution is -2.60. The van der Waals surface area contributed by atoms with E-state index in [1.807, 2.05) is 39.0 Å². The van der Waals surface area contributed by atoms with E-state index in [1.165, 1.54) is 11.0 Å². The zero-order valence-corrected chi connectivity index (χ0v) is 33.9. The Bertz CT molecular complexity index is 2060. The number of cyclic esters (lactones) is 1. The van der Waals surface area contributed by atoms with E-state index >= 15 is 0 Å². The number of sulfonamides is 1. The number of nitrogens with one attached hydrogen (secondary N) is 3. The van der Waals surface area contributed by atoms with Crippen molar-refractivity contribution in [3.8, 4) is 17.4 Å². The monoisotopic (exact) mass is 795 g/mol. The molecular formula is C40H53N5O10S. The first kappa shape index (κ1) is 40.8. The van der Waals surface area contributed by atoms with Crippen molar-refractivity contribution in [3.63, 3.8) is 0 Å². The Morgan fingerprint density at radius 2 is 1.91 bits per heavy atom. The minimum atomic E-state index is -3.92. The summed E-state index contributed by atoms with van der Waals surface area (Å²) in [6.07, 6.45) is 5.43. The number of ether oxygens (including phenoxy) is 4. The van der Waals surface area contributed by atoms with Crippen molar-refractivity contribution in [2.24, 2.45) is 16.7 Å².